The van der Waals surface area contributed by atoms with Crippen molar-refractivity contribution >= 4 is 6.03 Å². The standard InChI is InChI=1S/C13H17N3O3/c1-8-4-11-12(19-7-18-11)5-9(8)10-6-16(3-2-14)13(17)15-10/h4-5,10H,2-3,6-7,14H2,1H3,(H,15,17). The minimum Gasteiger partial charge on any atom is -0.454 e. The molecule has 0 spiro atoms. The lowest BCUT2D eigenvalue weighted by Crippen LogP contribution is -2.32. The third-order valence-corrected chi connectivity index (χ3v) is 3.52. The maximum atomic E-state index is 11.8. The van der Waals surface area contributed by atoms with Gasteiger partial charge in [-0.15, -0.1) is 0 Å². The van der Waals surface area contributed by atoms with E-state index in [0.29, 0.717) is 19.6 Å². The quantitative estimate of drug-likeness (QED) is 0.843. The molecule has 3 rings (SSSR count). The van der Waals surface area contributed by atoms with Crippen LogP contribution in [0, 0.1) is 6.92 Å². The highest BCUT2D eigenvalue weighted by Gasteiger charge is 2.31. The molecule has 102 valence electrons. The second-order valence-corrected chi connectivity index (χ2v) is 4.80. The van der Waals surface area contributed by atoms with Gasteiger partial charge in [0.15, 0.2) is 11.5 Å². The lowest BCUT2D eigenvalue weighted by atomic mass is 10.0. The van der Waals surface area contributed by atoms with Crippen molar-refractivity contribution in [3.63, 3.8) is 0 Å². The second kappa shape index (κ2) is 4.62. The van der Waals surface area contributed by atoms with Gasteiger partial charge in [0.05, 0.1) is 6.04 Å². The van der Waals surface area contributed by atoms with Crippen LogP contribution in [0.15, 0.2) is 12.1 Å². The summed E-state index contributed by atoms with van der Waals surface area (Å²) in [7, 11) is 0. The van der Waals surface area contributed by atoms with Crippen molar-refractivity contribution in [3.05, 3.63) is 23.3 Å². The van der Waals surface area contributed by atoms with E-state index >= 15 is 0 Å². The average Bonchev–Trinajstić information content (AvgIpc) is 2.96. The van der Waals surface area contributed by atoms with Crippen LogP contribution in [0.1, 0.15) is 17.2 Å². The van der Waals surface area contributed by atoms with Crippen LogP contribution in [0.2, 0.25) is 0 Å². The number of hydrogen-bond acceptors (Lipinski definition) is 4. The van der Waals surface area contributed by atoms with Gasteiger partial charge in [-0.3, -0.25) is 0 Å². The van der Waals surface area contributed by atoms with Gasteiger partial charge in [-0.05, 0) is 30.2 Å². The van der Waals surface area contributed by atoms with Crippen LogP contribution in [-0.4, -0.2) is 37.4 Å². The number of nitrogens with zero attached hydrogens (tertiary/aromatic N) is 1. The van der Waals surface area contributed by atoms with Crippen LogP contribution in [0.4, 0.5) is 4.79 Å². The van der Waals surface area contributed by atoms with Gasteiger partial charge in [0.2, 0.25) is 6.79 Å². The van der Waals surface area contributed by atoms with Crippen molar-refractivity contribution in [1.82, 2.24) is 10.2 Å². The molecule has 1 aromatic rings. The van der Waals surface area contributed by atoms with Gasteiger partial charge in [-0.2, -0.15) is 0 Å². The fourth-order valence-corrected chi connectivity index (χ4v) is 2.55. The molecule has 1 saturated heterocycles. The summed E-state index contributed by atoms with van der Waals surface area (Å²) >= 11 is 0. The van der Waals surface area contributed by atoms with E-state index in [1.807, 2.05) is 19.1 Å². The van der Waals surface area contributed by atoms with E-state index in [4.69, 9.17) is 15.2 Å². The zero-order chi connectivity index (χ0) is 13.4. The maximum absolute atomic E-state index is 11.8. The molecule has 2 heterocycles. The van der Waals surface area contributed by atoms with Crippen molar-refractivity contribution in [2.24, 2.45) is 5.73 Å². The molecule has 2 aliphatic heterocycles. The molecule has 6 nitrogen and oxygen atoms in total. The van der Waals surface area contributed by atoms with Crippen LogP contribution in [0.3, 0.4) is 0 Å². The van der Waals surface area contributed by atoms with Crippen LogP contribution in [0.5, 0.6) is 11.5 Å². The Kier molecular flexibility index (Phi) is 2.94. The van der Waals surface area contributed by atoms with Crippen molar-refractivity contribution in [2.75, 3.05) is 26.4 Å². The number of urea groups is 1. The average molecular weight is 263 g/mol. The second-order valence-electron chi connectivity index (χ2n) is 4.80. The highest BCUT2D eigenvalue weighted by Crippen LogP contribution is 2.37. The number of nitrogens with one attached hydrogen (secondary N) is 1. The molecule has 0 bridgehead atoms. The summed E-state index contributed by atoms with van der Waals surface area (Å²) < 4.78 is 10.7. The molecule has 2 amide bonds. The molecule has 1 unspecified atom stereocenters. The Morgan fingerprint density at radius 3 is 2.89 bits per heavy atom. The largest absolute Gasteiger partial charge is 0.454 e. The van der Waals surface area contributed by atoms with Gasteiger partial charge in [-0.1, -0.05) is 0 Å². The smallest absolute Gasteiger partial charge is 0.318 e. The van der Waals surface area contributed by atoms with E-state index in [1.165, 1.54) is 0 Å². The first-order chi connectivity index (χ1) is 9.19. The molecular formula is C13H17N3O3. The fourth-order valence-electron chi connectivity index (χ4n) is 2.55. The highest BCUT2D eigenvalue weighted by molar-refractivity contribution is 5.77. The summed E-state index contributed by atoms with van der Waals surface area (Å²) in [5.74, 6) is 1.51. The minimum atomic E-state index is -0.0625. The van der Waals surface area contributed by atoms with Gasteiger partial charge in [0.1, 0.15) is 0 Å². The summed E-state index contributed by atoms with van der Waals surface area (Å²) in [5.41, 5.74) is 7.65. The lowest BCUT2D eigenvalue weighted by molar-refractivity contribution is 0.174. The first-order valence-corrected chi connectivity index (χ1v) is 6.34. The predicted octanol–water partition coefficient (Wildman–Crippen LogP) is 0.749. The Labute approximate surface area is 111 Å². The molecule has 0 aliphatic carbocycles. The van der Waals surface area contributed by atoms with Gasteiger partial charge in [0, 0.05) is 19.6 Å². The molecule has 1 aromatic carbocycles. The first kappa shape index (κ1) is 12.1. The van der Waals surface area contributed by atoms with Crippen molar-refractivity contribution in [1.29, 1.82) is 0 Å². The molecule has 0 saturated carbocycles. The molecule has 0 radical (unpaired) electrons. The van der Waals surface area contributed by atoms with Crippen molar-refractivity contribution < 1.29 is 14.3 Å². The minimum absolute atomic E-state index is 0.0199. The number of amides is 2. The predicted molar refractivity (Wildman–Crippen MR) is 69.2 cm³/mol. The molecule has 1 fully saturated rings. The van der Waals surface area contributed by atoms with Crippen LogP contribution >= 0.6 is 0 Å². The monoisotopic (exact) mass is 263 g/mol. The summed E-state index contributed by atoms with van der Waals surface area (Å²) in [6.07, 6.45) is 0. The Balaban J connectivity index is 1.85. The normalized spacial score (nSPS) is 20.8. The number of ether oxygens (including phenoxy) is 2. The van der Waals surface area contributed by atoms with E-state index in [9.17, 15) is 4.79 Å². The number of aryl methyl sites for hydroxylation is 1. The van der Waals surface area contributed by atoms with Gasteiger partial charge in [0.25, 0.3) is 0 Å². The lowest BCUT2D eigenvalue weighted by Gasteiger charge is -2.15. The SMILES string of the molecule is Cc1cc2c(cc1C1CN(CCN)C(=O)N1)OCO2. The molecule has 3 N–H and O–H groups in total. The molecule has 19 heavy (non-hydrogen) atoms. The van der Waals surface area contributed by atoms with Gasteiger partial charge in [-0.25, -0.2) is 4.79 Å². The van der Waals surface area contributed by atoms with Crippen LogP contribution in [-0.2, 0) is 0 Å². The molecular weight excluding hydrogens is 246 g/mol. The third kappa shape index (κ3) is 2.08. The van der Waals surface area contributed by atoms with E-state index in [1.54, 1.807) is 4.90 Å². The zero-order valence-electron chi connectivity index (χ0n) is 10.8. The van der Waals surface area contributed by atoms with E-state index < -0.39 is 0 Å². The number of benzene rings is 1. The molecule has 1 atom stereocenters. The number of fused-ring (bicyclic) bond motifs is 1. The van der Waals surface area contributed by atoms with Crippen molar-refractivity contribution in [3.8, 4) is 11.5 Å². The van der Waals surface area contributed by atoms with Crippen LogP contribution < -0.4 is 20.5 Å². The number of hydrogen-bond donors (Lipinski definition) is 2. The van der Waals surface area contributed by atoms with Crippen molar-refractivity contribution in [2.45, 2.75) is 13.0 Å². The number of carbonyl (C=O) groups is 1. The fraction of sp³-hybridized carbons (Fsp3) is 0.462. The summed E-state index contributed by atoms with van der Waals surface area (Å²) in [6.45, 7) is 3.95. The Morgan fingerprint density at radius 2 is 2.16 bits per heavy atom. The zero-order valence-corrected chi connectivity index (χ0v) is 10.8. The molecule has 0 aromatic heterocycles. The molecule has 6 heteroatoms. The van der Waals surface area contributed by atoms with E-state index in [0.717, 1.165) is 22.6 Å². The number of rotatable bonds is 3. The topological polar surface area (TPSA) is 76.8 Å². The van der Waals surface area contributed by atoms with Gasteiger partial charge < -0.3 is 25.4 Å². The Morgan fingerprint density at radius 1 is 1.42 bits per heavy atom. The number of nitrogens with two attached hydrogens (primary N) is 1. The van der Waals surface area contributed by atoms with E-state index in [2.05, 4.69) is 5.32 Å². The third-order valence-electron chi connectivity index (χ3n) is 3.52. The summed E-state index contributed by atoms with van der Waals surface area (Å²) in [5, 5.41) is 2.97. The van der Waals surface area contributed by atoms with Crippen LogP contribution in [0.25, 0.3) is 0 Å². The highest BCUT2D eigenvalue weighted by atomic mass is 16.7. The molecule has 2 aliphatic rings. The first-order valence-electron chi connectivity index (χ1n) is 6.34. The number of carbonyl (C=O) groups excluding carboxylic acids is 1. The Bertz CT molecular complexity index is 518. The van der Waals surface area contributed by atoms with Gasteiger partial charge >= 0.3 is 6.03 Å². The maximum Gasteiger partial charge on any atom is 0.318 e. The van der Waals surface area contributed by atoms with E-state index in [-0.39, 0.29) is 18.9 Å². The Hall–Kier alpha value is -1.95. The summed E-state index contributed by atoms with van der Waals surface area (Å²) in [6, 6.07) is 3.82. The summed E-state index contributed by atoms with van der Waals surface area (Å²) in [4.78, 5) is 13.5.